The topological polar surface area (TPSA) is 108 Å². The summed E-state index contributed by atoms with van der Waals surface area (Å²) < 4.78 is 22.8. The predicted molar refractivity (Wildman–Crippen MR) is 331 cm³/mol. The van der Waals surface area contributed by atoms with E-state index in [9.17, 15) is 19.5 Å². The second-order valence-corrected chi connectivity index (χ2v) is 21.3. The highest BCUT2D eigenvalue weighted by Gasteiger charge is 2.25. The van der Waals surface area contributed by atoms with Gasteiger partial charge in [0.1, 0.15) is 13.2 Å². The lowest BCUT2D eigenvalue weighted by atomic mass is 10.0. The van der Waals surface area contributed by atoms with Gasteiger partial charge in [-0.3, -0.25) is 9.59 Å². The van der Waals surface area contributed by atoms with Crippen molar-refractivity contribution in [2.24, 2.45) is 0 Å². The largest absolute Gasteiger partial charge is 0.477 e. The van der Waals surface area contributed by atoms with Crippen LogP contribution in [0.4, 0.5) is 0 Å². The van der Waals surface area contributed by atoms with Crippen LogP contribution in [-0.4, -0.2) is 87.4 Å². The van der Waals surface area contributed by atoms with E-state index in [2.05, 4.69) is 148 Å². The van der Waals surface area contributed by atoms with Crippen molar-refractivity contribution in [1.82, 2.24) is 0 Å². The number of carboxylic acids is 1. The number of rotatable bonds is 55. The van der Waals surface area contributed by atoms with Gasteiger partial charge < -0.3 is 28.5 Å². The van der Waals surface area contributed by atoms with Crippen LogP contribution in [0.15, 0.2) is 134 Å². The minimum Gasteiger partial charge on any atom is -0.477 e. The zero-order valence-electron chi connectivity index (χ0n) is 50.3. The maximum Gasteiger partial charge on any atom is 0.361 e. The summed E-state index contributed by atoms with van der Waals surface area (Å²) in [6.07, 6.45) is 81.1. The smallest absolute Gasteiger partial charge is 0.361 e. The SMILES string of the molecule is CC/C=C\C/C=C\C/C=C\C/C=C\C/C=C\C/C=C\C/C=C\C/C=C\C/C=C\C/C=C\C/C=C\CCCCCC(=O)OC(COC(=O)CCCCCCCCCCCCCCCCCC)COC(OCC[N+](C)(C)C)C(=O)O. The Hall–Kier alpha value is -4.57. The Kier molecular flexibility index (Phi) is 55.1. The summed E-state index contributed by atoms with van der Waals surface area (Å²) in [5.74, 6) is -2.06. The van der Waals surface area contributed by atoms with Crippen molar-refractivity contribution in [2.45, 2.75) is 238 Å². The van der Waals surface area contributed by atoms with Gasteiger partial charge in [0.15, 0.2) is 6.10 Å². The van der Waals surface area contributed by atoms with Crippen LogP contribution in [0.1, 0.15) is 226 Å². The van der Waals surface area contributed by atoms with Crippen molar-refractivity contribution in [1.29, 1.82) is 0 Å². The Morgan fingerprint density at radius 3 is 1.09 bits per heavy atom. The third-order valence-corrected chi connectivity index (χ3v) is 12.7. The van der Waals surface area contributed by atoms with Crippen LogP contribution in [0.25, 0.3) is 0 Å². The summed E-state index contributed by atoms with van der Waals surface area (Å²) in [4.78, 5) is 37.4. The van der Waals surface area contributed by atoms with Crippen molar-refractivity contribution in [3.63, 3.8) is 0 Å². The Balaban J connectivity index is 4.29. The first-order valence-electron chi connectivity index (χ1n) is 30.8. The van der Waals surface area contributed by atoms with Gasteiger partial charge in [0.25, 0.3) is 6.29 Å². The van der Waals surface area contributed by atoms with Crippen LogP contribution in [0.2, 0.25) is 0 Å². The van der Waals surface area contributed by atoms with Gasteiger partial charge in [0, 0.05) is 12.8 Å². The average molecular weight is 1090 g/mol. The number of quaternary nitrogens is 1. The lowest BCUT2D eigenvalue weighted by Crippen LogP contribution is -2.40. The van der Waals surface area contributed by atoms with Gasteiger partial charge in [0.2, 0.25) is 0 Å². The zero-order chi connectivity index (χ0) is 56.9. The number of nitrogens with zero attached hydrogens (tertiary/aromatic N) is 1. The van der Waals surface area contributed by atoms with Crippen molar-refractivity contribution in [3.05, 3.63) is 134 Å². The van der Waals surface area contributed by atoms with E-state index >= 15 is 0 Å². The predicted octanol–water partition coefficient (Wildman–Crippen LogP) is 18.6. The van der Waals surface area contributed by atoms with Gasteiger partial charge >= 0.3 is 17.9 Å². The molecule has 0 spiro atoms. The van der Waals surface area contributed by atoms with Crippen LogP contribution in [0.3, 0.4) is 0 Å². The summed E-state index contributed by atoms with van der Waals surface area (Å²) >= 11 is 0. The number of hydrogen-bond donors (Lipinski definition) is 1. The Labute approximate surface area is 478 Å². The molecule has 0 heterocycles. The molecule has 0 aliphatic heterocycles. The van der Waals surface area contributed by atoms with Gasteiger partial charge in [-0.05, 0) is 96.3 Å². The van der Waals surface area contributed by atoms with Crippen LogP contribution < -0.4 is 0 Å². The molecule has 1 N–H and O–H groups in total. The number of unbranched alkanes of at least 4 members (excludes halogenated alkanes) is 18. The summed E-state index contributed by atoms with van der Waals surface area (Å²) in [6, 6.07) is 0. The van der Waals surface area contributed by atoms with Gasteiger partial charge in [-0.25, -0.2) is 4.79 Å². The molecular weight excluding hydrogens is 971 g/mol. The van der Waals surface area contributed by atoms with Gasteiger partial charge in [-0.2, -0.15) is 0 Å². The molecule has 0 aliphatic rings. The minimum atomic E-state index is -1.53. The Morgan fingerprint density at radius 2 is 0.731 bits per heavy atom. The van der Waals surface area contributed by atoms with Crippen molar-refractivity contribution < 1.29 is 42.9 Å². The molecule has 9 heteroatoms. The number of carbonyl (C=O) groups is 3. The summed E-state index contributed by atoms with van der Waals surface area (Å²) in [5.41, 5.74) is 0. The van der Waals surface area contributed by atoms with Crippen molar-refractivity contribution >= 4 is 17.9 Å². The van der Waals surface area contributed by atoms with E-state index in [0.717, 1.165) is 109 Å². The van der Waals surface area contributed by atoms with Crippen LogP contribution >= 0.6 is 0 Å². The lowest BCUT2D eigenvalue weighted by molar-refractivity contribution is -0.870. The van der Waals surface area contributed by atoms with E-state index in [4.69, 9.17) is 18.9 Å². The van der Waals surface area contributed by atoms with Crippen LogP contribution in [0.5, 0.6) is 0 Å². The number of ether oxygens (including phenoxy) is 4. The molecule has 0 aromatic rings. The third kappa shape index (κ3) is 59.1. The number of allylic oxidation sites excluding steroid dienone is 22. The molecule has 0 amide bonds. The molecule has 0 saturated carbocycles. The van der Waals surface area contributed by atoms with E-state index in [1.807, 2.05) is 21.1 Å². The second kappa shape index (κ2) is 58.6. The molecule has 2 atom stereocenters. The first kappa shape index (κ1) is 73.4. The lowest BCUT2D eigenvalue weighted by Gasteiger charge is -2.25. The van der Waals surface area contributed by atoms with E-state index < -0.39 is 24.3 Å². The molecule has 9 nitrogen and oxygen atoms in total. The molecule has 78 heavy (non-hydrogen) atoms. The number of carboxylic acid groups (broad SMARTS) is 1. The van der Waals surface area contributed by atoms with Crippen LogP contribution in [-0.2, 0) is 33.3 Å². The minimum absolute atomic E-state index is 0.175. The molecular formula is C69H114NO8+. The summed E-state index contributed by atoms with van der Waals surface area (Å²) in [5, 5.41) is 9.70. The number of hydrogen-bond acceptors (Lipinski definition) is 7. The highest BCUT2D eigenvalue weighted by Crippen LogP contribution is 2.15. The van der Waals surface area contributed by atoms with E-state index in [1.165, 1.54) is 83.5 Å². The molecule has 0 saturated heterocycles. The van der Waals surface area contributed by atoms with Crippen LogP contribution in [0, 0.1) is 0 Å². The first-order valence-corrected chi connectivity index (χ1v) is 30.8. The maximum atomic E-state index is 12.9. The number of esters is 2. The Bertz CT molecular complexity index is 1740. The molecule has 0 rings (SSSR count). The van der Waals surface area contributed by atoms with Gasteiger partial charge in [-0.1, -0.05) is 250 Å². The normalized spacial score (nSPS) is 13.7. The number of carbonyl (C=O) groups excluding carboxylic acids is 2. The average Bonchev–Trinajstić information content (AvgIpc) is 3.41. The monoisotopic (exact) mass is 1080 g/mol. The van der Waals surface area contributed by atoms with Crippen molar-refractivity contribution in [3.8, 4) is 0 Å². The summed E-state index contributed by atoms with van der Waals surface area (Å²) in [6.45, 7) is 4.72. The van der Waals surface area contributed by atoms with E-state index in [-0.39, 0.29) is 32.2 Å². The Morgan fingerprint density at radius 1 is 0.397 bits per heavy atom. The molecule has 0 aromatic heterocycles. The first-order chi connectivity index (χ1) is 38.1. The fraction of sp³-hybridized carbons (Fsp3) is 0.638. The van der Waals surface area contributed by atoms with Gasteiger partial charge in [-0.15, -0.1) is 0 Å². The standard InChI is InChI=1S/C69H113NO8/c1-6-8-10-12-14-16-18-20-22-24-25-26-27-28-29-30-31-32-33-34-35-36-37-38-39-40-41-42-43-44-46-48-50-52-54-56-58-60-67(72)78-65(64-77-69(68(73)74)75-62-61-70(3,4)5)63-76-66(71)59-57-55-53-51-49-47-45-23-21-19-17-15-13-11-9-7-2/h8,10,14,16,20,22,25-26,28-29,31-32,34-35,37-38,40-41,43-44,48,50,65,69H,6-7,9,11-13,15,17-19,21,23-24,27,30,33,36,39,42,45-47,49,51-64H2,1-5H3/p+1/b10-8-,16-14-,22-20-,26-25-,29-28-,32-31-,35-34-,38-37-,41-40-,44-43-,50-48-. The fourth-order valence-electron chi connectivity index (χ4n) is 7.96. The molecule has 0 aromatic carbocycles. The quantitative estimate of drug-likeness (QED) is 0.0211. The maximum absolute atomic E-state index is 12.9. The van der Waals surface area contributed by atoms with Gasteiger partial charge in [0.05, 0.1) is 34.4 Å². The highest BCUT2D eigenvalue weighted by molar-refractivity contribution is 5.71. The molecule has 0 fully saturated rings. The van der Waals surface area contributed by atoms with E-state index in [1.54, 1.807) is 0 Å². The van der Waals surface area contributed by atoms with E-state index in [0.29, 0.717) is 23.9 Å². The zero-order valence-corrected chi connectivity index (χ0v) is 50.3. The molecule has 0 bridgehead atoms. The van der Waals surface area contributed by atoms with Crippen molar-refractivity contribution in [2.75, 3.05) is 47.5 Å². The summed E-state index contributed by atoms with van der Waals surface area (Å²) in [7, 11) is 5.95. The number of likely N-dealkylation sites (N-methyl/N-ethyl adjacent to an activating group) is 1. The third-order valence-electron chi connectivity index (χ3n) is 12.7. The fourth-order valence-corrected chi connectivity index (χ4v) is 7.96. The molecule has 2 unspecified atom stereocenters. The molecule has 0 aliphatic carbocycles. The molecule has 442 valence electrons. The molecule has 0 radical (unpaired) electrons. The number of aliphatic carboxylic acids is 1. The second-order valence-electron chi connectivity index (χ2n) is 21.3. The highest BCUT2D eigenvalue weighted by atomic mass is 16.7.